The van der Waals surface area contributed by atoms with E-state index in [1.54, 1.807) is 0 Å². The number of piperazine rings is 1. The first kappa shape index (κ1) is 13.5. The molecule has 0 spiro atoms. The van der Waals surface area contributed by atoms with E-state index in [4.69, 9.17) is 0 Å². The predicted molar refractivity (Wildman–Crippen MR) is 76.8 cm³/mol. The Bertz CT molecular complexity index is 378. The van der Waals surface area contributed by atoms with Gasteiger partial charge in [0.15, 0.2) is 0 Å². The van der Waals surface area contributed by atoms with Crippen LogP contribution in [0.3, 0.4) is 0 Å². The Hall–Kier alpha value is -0.900. The van der Waals surface area contributed by atoms with Gasteiger partial charge in [-0.25, -0.2) is 0 Å². The molecule has 3 nitrogen and oxygen atoms in total. The summed E-state index contributed by atoms with van der Waals surface area (Å²) in [4.78, 5) is 4.82. The Morgan fingerprint density at radius 1 is 1.39 bits per heavy atom. The summed E-state index contributed by atoms with van der Waals surface area (Å²) in [5, 5.41) is 3.60. The molecule has 1 saturated heterocycles. The van der Waals surface area contributed by atoms with E-state index < -0.39 is 0 Å². The van der Waals surface area contributed by atoms with Crippen LogP contribution in [0.15, 0.2) is 24.3 Å². The molecule has 18 heavy (non-hydrogen) atoms. The molecular formula is C15H25N3. The number of rotatable bonds is 4. The molecule has 1 heterocycles. The third kappa shape index (κ3) is 3.80. The highest BCUT2D eigenvalue weighted by Crippen LogP contribution is 2.10. The van der Waals surface area contributed by atoms with Gasteiger partial charge < -0.3 is 15.1 Å². The fourth-order valence-electron chi connectivity index (χ4n) is 2.63. The third-order valence-corrected chi connectivity index (χ3v) is 3.69. The number of benzene rings is 1. The molecule has 1 atom stereocenters. The number of hydrogen-bond donors (Lipinski definition) is 1. The molecule has 1 N–H and O–H groups in total. The van der Waals surface area contributed by atoms with Gasteiger partial charge >= 0.3 is 0 Å². The Morgan fingerprint density at radius 2 is 2.17 bits per heavy atom. The van der Waals surface area contributed by atoms with E-state index in [0.717, 1.165) is 32.7 Å². The molecule has 1 fully saturated rings. The fourth-order valence-corrected chi connectivity index (χ4v) is 2.63. The second-order valence-electron chi connectivity index (χ2n) is 5.54. The van der Waals surface area contributed by atoms with Crippen molar-refractivity contribution in [2.24, 2.45) is 0 Å². The van der Waals surface area contributed by atoms with E-state index in [1.807, 2.05) is 0 Å². The van der Waals surface area contributed by atoms with Crippen LogP contribution in [0.5, 0.6) is 0 Å². The topological polar surface area (TPSA) is 18.5 Å². The van der Waals surface area contributed by atoms with E-state index in [0.29, 0.717) is 6.04 Å². The largest absolute Gasteiger partial charge is 0.310 e. The molecule has 0 aliphatic carbocycles. The quantitative estimate of drug-likeness (QED) is 0.866. The van der Waals surface area contributed by atoms with E-state index in [2.05, 4.69) is 60.4 Å². The number of nitrogens with one attached hydrogen (secondary N) is 1. The average molecular weight is 247 g/mol. The van der Waals surface area contributed by atoms with Gasteiger partial charge in [-0.3, -0.25) is 0 Å². The summed E-state index contributed by atoms with van der Waals surface area (Å²) in [6.07, 6.45) is 0. The van der Waals surface area contributed by atoms with Crippen LogP contribution in [0.25, 0.3) is 0 Å². The maximum absolute atomic E-state index is 3.60. The Kier molecular flexibility index (Phi) is 4.75. The molecule has 1 unspecified atom stereocenters. The van der Waals surface area contributed by atoms with Gasteiger partial charge in [-0.15, -0.1) is 0 Å². The van der Waals surface area contributed by atoms with Crippen LogP contribution in [0, 0.1) is 6.92 Å². The van der Waals surface area contributed by atoms with Gasteiger partial charge in [-0.1, -0.05) is 24.3 Å². The minimum Gasteiger partial charge on any atom is -0.310 e. The first-order chi connectivity index (χ1) is 8.65. The Balaban J connectivity index is 1.85. The lowest BCUT2D eigenvalue weighted by atomic mass is 10.1. The zero-order valence-corrected chi connectivity index (χ0v) is 11.8. The lowest BCUT2D eigenvalue weighted by molar-refractivity contribution is 0.192. The van der Waals surface area contributed by atoms with E-state index >= 15 is 0 Å². The zero-order valence-electron chi connectivity index (χ0n) is 11.8. The van der Waals surface area contributed by atoms with Crippen molar-refractivity contribution in [3.63, 3.8) is 0 Å². The van der Waals surface area contributed by atoms with Crippen molar-refractivity contribution in [1.29, 1.82) is 0 Å². The monoisotopic (exact) mass is 247 g/mol. The average Bonchev–Trinajstić information content (AvgIpc) is 2.32. The Morgan fingerprint density at radius 3 is 2.89 bits per heavy atom. The summed E-state index contributed by atoms with van der Waals surface area (Å²) < 4.78 is 0. The molecule has 1 aliphatic heterocycles. The Labute approximate surface area is 111 Å². The van der Waals surface area contributed by atoms with Gasteiger partial charge in [0.25, 0.3) is 0 Å². The van der Waals surface area contributed by atoms with Crippen LogP contribution in [-0.2, 0) is 6.54 Å². The molecule has 0 saturated carbocycles. The highest BCUT2D eigenvalue weighted by molar-refractivity contribution is 5.25. The zero-order chi connectivity index (χ0) is 13.0. The SMILES string of the molecule is Cc1ccccc1CN(C)CC1CN(C)CCN1. The molecule has 1 aliphatic rings. The number of aryl methyl sites for hydroxylation is 1. The number of hydrogen-bond acceptors (Lipinski definition) is 3. The lowest BCUT2D eigenvalue weighted by Gasteiger charge is -2.33. The summed E-state index contributed by atoms with van der Waals surface area (Å²) in [5.41, 5.74) is 2.82. The van der Waals surface area contributed by atoms with Crippen molar-refractivity contribution in [2.45, 2.75) is 19.5 Å². The normalized spacial score (nSPS) is 21.4. The molecule has 0 radical (unpaired) electrons. The van der Waals surface area contributed by atoms with Crippen LogP contribution < -0.4 is 5.32 Å². The van der Waals surface area contributed by atoms with Gasteiger partial charge in [0.2, 0.25) is 0 Å². The molecule has 0 amide bonds. The summed E-state index contributed by atoms with van der Waals surface area (Å²) in [6, 6.07) is 9.25. The highest BCUT2D eigenvalue weighted by atomic mass is 15.2. The number of nitrogens with zero attached hydrogens (tertiary/aromatic N) is 2. The van der Waals surface area contributed by atoms with Crippen molar-refractivity contribution in [3.05, 3.63) is 35.4 Å². The van der Waals surface area contributed by atoms with Crippen molar-refractivity contribution in [3.8, 4) is 0 Å². The van der Waals surface area contributed by atoms with Crippen molar-refractivity contribution < 1.29 is 0 Å². The molecule has 1 aromatic rings. The van der Waals surface area contributed by atoms with Crippen LogP contribution >= 0.6 is 0 Å². The van der Waals surface area contributed by atoms with Gasteiger partial charge in [-0.05, 0) is 32.1 Å². The molecule has 0 bridgehead atoms. The molecule has 100 valence electrons. The molecule has 2 rings (SSSR count). The minimum atomic E-state index is 0.595. The summed E-state index contributed by atoms with van der Waals surface area (Å²) in [5.74, 6) is 0. The van der Waals surface area contributed by atoms with Crippen LogP contribution in [0.2, 0.25) is 0 Å². The summed E-state index contributed by atoms with van der Waals surface area (Å²) in [7, 11) is 4.41. The van der Waals surface area contributed by atoms with E-state index in [1.165, 1.54) is 11.1 Å². The van der Waals surface area contributed by atoms with Gasteiger partial charge in [-0.2, -0.15) is 0 Å². The highest BCUT2D eigenvalue weighted by Gasteiger charge is 2.17. The third-order valence-electron chi connectivity index (χ3n) is 3.69. The first-order valence-corrected chi connectivity index (χ1v) is 6.80. The molecule has 3 heteroatoms. The van der Waals surface area contributed by atoms with Crippen molar-refractivity contribution in [2.75, 3.05) is 40.3 Å². The lowest BCUT2D eigenvalue weighted by Crippen LogP contribution is -2.53. The number of likely N-dealkylation sites (N-methyl/N-ethyl adjacent to an activating group) is 2. The smallest absolute Gasteiger partial charge is 0.0323 e. The van der Waals surface area contributed by atoms with Crippen molar-refractivity contribution in [1.82, 2.24) is 15.1 Å². The predicted octanol–water partition coefficient (Wildman–Crippen LogP) is 1.33. The van der Waals surface area contributed by atoms with E-state index in [9.17, 15) is 0 Å². The maximum atomic E-state index is 3.60. The van der Waals surface area contributed by atoms with Crippen LogP contribution in [0.4, 0.5) is 0 Å². The summed E-state index contributed by atoms with van der Waals surface area (Å²) in [6.45, 7) is 7.76. The standard InChI is InChI=1S/C15H25N3/c1-13-6-4-5-7-14(13)10-18(3)12-15-11-17(2)9-8-16-15/h4-7,15-16H,8-12H2,1-3H3. The second kappa shape index (κ2) is 6.32. The second-order valence-corrected chi connectivity index (χ2v) is 5.54. The van der Waals surface area contributed by atoms with Gasteiger partial charge in [0.1, 0.15) is 0 Å². The van der Waals surface area contributed by atoms with Gasteiger partial charge in [0, 0.05) is 38.8 Å². The summed E-state index contributed by atoms with van der Waals surface area (Å²) >= 11 is 0. The molecular weight excluding hydrogens is 222 g/mol. The van der Waals surface area contributed by atoms with E-state index in [-0.39, 0.29) is 0 Å². The maximum Gasteiger partial charge on any atom is 0.0323 e. The molecule has 1 aromatic carbocycles. The first-order valence-electron chi connectivity index (χ1n) is 6.80. The van der Waals surface area contributed by atoms with Crippen LogP contribution in [0.1, 0.15) is 11.1 Å². The van der Waals surface area contributed by atoms with Crippen molar-refractivity contribution >= 4 is 0 Å². The fraction of sp³-hybridized carbons (Fsp3) is 0.600. The minimum absolute atomic E-state index is 0.595. The van der Waals surface area contributed by atoms with Crippen LogP contribution in [-0.4, -0.2) is 56.1 Å². The van der Waals surface area contributed by atoms with Gasteiger partial charge in [0.05, 0.1) is 0 Å². The molecule has 0 aromatic heterocycles.